The Labute approximate surface area is 119 Å². The van der Waals surface area contributed by atoms with E-state index in [0.29, 0.717) is 6.54 Å². The summed E-state index contributed by atoms with van der Waals surface area (Å²) in [6, 6.07) is 10.1. The highest BCUT2D eigenvalue weighted by Gasteiger charge is 2.08. The van der Waals surface area contributed by atoms with Crippen molar-refractivity contribution >= 4 is 5.91 Å². The van der Waals surface area contributed by atoms with Crippen LogP contribution < -0.4 is 5.32 Å². The first-order valence-corrected chi connectivity index (χ1v) is 7.07. The van der Waals surface area contributed by atoms with Crippen LogP contribution in [-0.4, -0.2) is 22.2 Å². The first-order chi connectivity index (χ1) is 9.70. The minimum absolute atomic E-state index is 0.0946. The summed E-state index contributed by atoms with van der Waals surface area (Å²) in [5, 5.41) is 7.16. The molecule has 0 spiro atoms. The lowest BCUT2D eigenvalue weighted by atomic mass is 10.1. The smallest absolute Gasteiger partial charge is 0.222 e. The third-order valence-corrected chi connectivity index (χ3v) is 3.48. The van der Waals surface area contributed by atoms with E-state index >= 15 is 0 Å². The topological polar surface area (TPSA) is 46.9 Å². The molecule has 0 aliphatic rings. The Morgan fingerprint density at radius 3 is 2.70 bits per heavy atom. The van der Waals surface area contributed by atoms with E-state index in [1.54, 1.807) is 6.20 Å². The summed E-state index contributed by atoms with van der Waals surface area (Å²) in [6.07, 6.45) is 5.41. The minimum Gasteiger partial charge on any atom is -0.356 e. The predicted octanol–water partition coefficient (Wildman–Crippen LogP) is 2.58. The van der Waals surface area contributed by atoms with Crippen molar-refractivity contribution in [3.63, 3.8) is 0 Å². The summed E-state index contributed by atoms with van der Waals surface area (Å²) in [6.45, 7) is 4.66. The SMILES string of the molecule is CC[C@@H](C)C(=O)NCCc1ccc(-n2cccn2)cc1. The number of nitrogens with zero attached hydrogens (tertiary/aromatic N) is 2. The Hall–Kier alpha value is -2.10. The average Bonchev–Trinajstić information content (AvgIpc) is 3.01. The van der Waals surface area contributed by atoms with Gasteiger partial charge in [-0.3, -0.25) is 4.79 Å². The van der Waals surface area contributed by atoms with Gasteiger partial charge in [0.05, 0.1) is 5.69 Å². The Morgan fingerprint density at radius 2 is 2.10 bits per heavy atom. The Bertz CT molecular complexity index is 531. The fraction of sp³-hybridized carbons (Fsp3) is 0.375. The minimum atomic E-state index is 0.0946. The van der Waals surface area contributed by atoms with Crippen LogP contribution in [0, 0.1) is 5.92 Å². The van der Waals surface area contributed by atoms with Gasteiger partial charge in [-0.05, 0) is 36.6 Å². The van der Waals surface area contributed by atoms with E-state index in [9.17, 15) is 4.79 Å². The molecule has 0 saturated heterocycles. The van der Waals surface area contributed by atoms with Crippen LogP contribution in [0.25, 0.3) is 5.69 Å². The fourth-order valence-electron chi connectivity index (χ4n) is 1.93. The molecule has 0 radical (unpaired) electrons. The number of carbonyl (C=O) groups is 1. The van der Waals surface area contributed by atoms with Crippen LogP contribution in [0.4, 0.5) is 0 Å². The van der Waals surface area contributed by atoms with Crippen molar-refractivity contribution in [2.75, 3.05) is 6.54 Å². The number of rotatable bonds is 6. The Kier molecular flexibility index (Phi) is 4.93. The summed E-state index contributed by atoms with van der Waals surface area (Å²) in [5.74, 6) is 0.234. The molecule has 0 bridgehead atoms. The number of carbonyl (C=O) groups excluding carboxylic acids is 1. The second-order valence-corrected chi connectivity index (χ2v) is 4.97. The molecular formula is C16H21N3O. The largest absolute Gasteiger partial charge is 0.356 e. The predicted molar refractivity (Wildman–Crippen MR) is 79.7 cm³/mol. The summed E-state index contributed by atoms with van der Waals surface area (Å²) >= 11 is 0. The molecule has 0 aliphatic heterocycles. The first-order valence-electron chi connectivity index (χ1n) is 7.07. The number of amides is 1. The molecule has 0 saturated carbocycles. The molecule has 1 aromatic carbocycles. The fourth-order valence-corrected chi connectivity index (χ4v) is 1.93. The molecule has 0 aliphatic carbocycles. The van der Waals surface area contributed by atoms with E-state index in [2.05, 4.69) is 22.5 Å². The summed E-state index contributed by atoms with van der Waals surface area (Å²) < 4.78 is 1.83. The molecule has 1 N–H and O–H groups in total. The van der Waals surface area contributed by atoms with Crippen LogP contribution in [0.5, 0.6) is 0 Å². The van der Waals surface area contributed by atoms with Crippen molar-refractivity contribution in [1.82, 2.24) is 15.1 Å². The van der Waals surface area contributed by atoms with E-state index in [0.717, 1.165) is 18.5 Å². The number of benzene rings is 1. The first kappa shape index (κ1) is 14.3. The van der Waals surface area contributed by atoms with Crippen LogP contribution in [0.15, 0.2) is 42.7 Å². The highest BCUT2D eigenvalue weighted by Crippen LogP contribution is 2.09. The molecule has 1 heterocycles. The molecular weight excluding hydrogens is 250 g/mol. The van der Waals surface area contributed by atoms with Crippen molar-refractivity contribution in [1.29, 1.82) is 0 Å². The number of hydrogen-bond donors (Lipinski definition) is 1. The molecule has 0 fully saturated rings. The average molecular weight is 271 g/mol. The maximum Gasteiger partial charge on any atom is 0.222 e. The third-order valence-electron chi connectivity index (χ3n) is 3.48. The van der Waals surface area contributed by atoms with Crippen molar-refractivity contribution < 1.29 is 4.79 Å². The van der Waals surface area contributed by atoms with Crippen molar-refractivity contribution in [3.8, 4) is 5.69 Å². The summed E-state index contributed by atoms with van der Waals surface area (Å²) in [5.41, 5.74) is 2.26. The van der Waals surface area contributed by atoms with Gasteiger partial charge >= 0.3 is 0 Å². The van der Waals surface area contributed by atoms with Crippen LogP contribution >= 0.6 is 0 Å². The number of aromatic nitrogens is 2. The Balaban J connectivity index is 1.84. The van der Waals surface area contributed by atoms with Gasteiger partial charge in [-0.15, -0.1) is 0 Å². The molecule has 0 unspecified atom stereocenters. The van der Waals surface area contributed by atoms with Crippen LogP contribution in [0.3, 0.4) is 0 Å². The van der Waals surface area contributed by atoms with E-state index in [1.165, 1.54) is 5.56 Å². The number of nitrogens with one attached hydrogen (secondary N) is 1. The van der Waals surface area contributed by atoms with Gasteiger partial charge < -0.3 is 5.32 Å². The molecule has 4 nitrogen and oxygen atoms in total. The molecule has 1 aromatic heterocycles. The molecule has 1 amide bonds. The van der Waals surface area contributed by atoms with E-state index in [4.69, 9.17) is 0 Å². The summed E-state index contributed by atoms with van der Waals surface area (Å²) in [7, 11) is 0. The number of hydrogen-bond acceptors (Lipinski definition) is 2. The van der Waals surface area contributed by atoms with Gasteiger partial charge in [0.1, 0.15) is 0 Å². The third kappa shape index (κ3) is 3.70. The zero-order valence-corrected chi connectivity index (χ0v) is 12.0. The van der Waals surface area contributed by atoms with Crippen LogP contribution in [-0.2, 0) is 11.2 Å². The normalized spacial score (nSPS) is 12.1. The second kappa shape index (κ2) is 6.89. The van der Waals surface area contributed by atoms with Crippen LogP contribution in [0.2, 0.25) is 0 Å². The monoisotopic (exact) mass is 271 g/mol. The van der Waals surface area contributed by atoms with Gasteiger partial charge in [0.15, 0.2) is 0 Å². The molecule has 1 atom stereocenters. The molecule has 2 rings (SSSR count). The lowest BCUT2D eigenvalue weighted by molar-refractivity contribution is -0.124. The van der Waals surface area contributed by atoms with E-state index in [1.807, 2.05) is 42.9 Å². The van der Waals surface area contributed by atoms with Gasteiger partial charge in [0.2, 0.25) is 5.91 Å². The molecule has 4 heteroatoms. The standard InChI is InChI=1S/C16H21N3O/c1-3-13(2)16(20)17-11-9-14-5-7-15(8-6-14)19-12-4-10-18-19/h4-8,10,12-13H,3,9,11H2,1-2H3,(H,17,20)/t13-/m1/s1. The molecule has 20 heavy (non-hydrogen) atoms. The highest BCUT2D eigenvalue weighted by molar-refractivity contribution is 5.78. The quantitative estimate of drug-likeness (QED) is 0.877. The maximum atomic E-state index is 11.7. The van der Waals surface area contributed by atoms with Gasteiger partial charge in [0, 0.05) is 24.9 Å². The molecule has 2 aromatic rings. The van der Waals surface area contributed by atoms with Gasteiger partial charge in [-0.1, -0.05) is 26.0 Å². The van der Waals surface area contributed by atoms with Gasteiger partial charge in [-0.25, -0.2) is 4.68 Å². The van der Waals surface area contributed by atoms with E-state index in [-0.39, 0.29) is 11.8 Å². The zero-order chi connectivity index (χ0) is 14.4. The Morgan fingerprint density at radius 1 is 1.35 bits per heavy atom. The van der Waals surface area contributed by atoms with Crippen LogP contribution in [0.1, 0.15) is 25.8 Å². The van der Waals surface area contributed by atoms with Crippen molar-refractivity contribution in [2.45, 2.75) is 26.7 Å². The zero-order valence-electron chi connectivity index (χ0n) is 12.0. The van der Waals surface area contributed by atoms with Crippen molar-refractivity contribution in [3.05, 3.63) is 48.3 Å². The second-order valence-electron chi connectivity index (χ2n) is 4.97. The highest BCUT2D eigenvalue weighted by atomic mass is 16.1. The lowest BCUT2D eigenvalue weighted by Crippen LogP contribution is -2.30. The van der Waals surface area contributed by atoms with E-state index < -0.39 is 0 Å². The maximum absolute atomic E-state index is 11.7. The van der Waals surface area contributed by atoms with Crippen molar-refractivity contribution in [2.24, 2.45) is 5.92 Å². The molecule has 106 valence electrons. The summed E-state index contributed by atoms with van der Waals surface area (Å²) in [4.78, 5) is 11.7. The van der Waals surface area contributed by atoms with Gasteiger partial charge in [0.25, 0.3) is 0 Å². The van der Waals surface area contributed by atoms with Gasteiger partial charge in [-0.2, -0.15) is 5.10 Å². The lowest BCUT2D eigenvalue weighted by Gasteiger charge is -2.10.